The topological polar surface area (TPSA) is 88.3 Å². The predicted molar refractivity (Wildman–Crippen MR) is 79.6 cm³/mol. The molecule has 8 heteroatoms. The number of carbonyl (C=O) groups is 2. The van der Waals surface area contributed by atoms with Crippen LogP contribution in [0, 0.1) is 0 Å². The van der Waals surface area contributed by atoms with Gasteiger partial charge in [-0.3, -0.25) is 4.79 Å². The van der Waals surface area contributed by atoms with Gasteiger partial charge in [-0.05, 0) is 18.6 Å². The second kappa shape index (κ2) is 6.57. The standard InChI is InChI=1S/C14H15ClN4O3/c1-9(10-5-3-4-6-11(10)15)18(2)13(20)8-19-7-12(14(21)22)16-17-19/h3-7,9H,8H2,1-2H3,(H,21,22). The van der Waals surface area contributed by atoms with E-state index in [2.05, 4.69) is 10.3 Å². The summed E-state index contributed by atoms with van der Waals surface area (Å²) in [6, 6.07) is 7.08. The lowest BCUT2D eigenvalue weighted by Gasteiger charge is -2.26. The number of carboxylic acid groups (broad SMARTS) is 1. The Morgan fingerprint density at radius 2 is 2.09 bits per heavy atom. The molecule has 0 bridgehead atoms. The van der Waals surface area contributed by atoms with Crippen LogP contribution in [-0.2, 0) is 11.3 Å². The number of aromatic nitrogens is 3. The Morgan fingerprint density at radius 3 is 2.68 bits per heavy atom. The quantitative estimate of drug-likeness (QED) is 0.907. The zero-order chi connectivity index (χ0) is 16.3. The third kappa shape index (κ3) is 3.43. The third-order valence-electron chi connectivity index (χ3n) is 3.38. The van der Waals surface area contributed by atoms with Crippen LogP contribution in [0.4, 0.5) is 0 Å². The van der Waals surface area contributed by atoms with Gasteiger partial charge in [-0.15, -0.1) is 5.10 Å². The fourth-order valence-corrected chi connectivity index (χ4v) is 2.26. The van der Waals surface area contributed by atoms with Crippen molar-refractivity contribution in [3.63, 3.8) is 0 Å². The van der Waals surface area contributed by atoms with Gasteiger partial charge >= 0.3 is 5.97 Å². The minimum Gasteiger partial charge on any atom is -0.476 e. The second-order valence-corrected chi connectivity index (χ2v) is 5.22. The van der Waals surface area contributed by atoms with E-state index in [0.717, 1.165) is 5.56 Å². The summed E-state index contributed by atoms with van der Waals surface area (Å²) in [5.41, 5.74) is 0.638. The molecule has 0 saturated heterocycles. The first-order valence-corrected chi connectivity index (χ1v) is 6.91. The Labute approximate surface area is 132 Å². The van der Waals surface area contributed by atoms with Crippen molar-refractivity contribution in [3.8, 4) is 0 Å². The summed E-state index contributed by atoms with van der Waals surface area (Å²) in [7, 11) is 1.66. The van der Waals surface area contributed by atoms with Crippen LogP contribution in [0.2, 0.25) is 5.02 Å². The molecule has 0 aliphatic rings. The summed E-state index contributed by atoms with van der Waals surface area (Å²) in [5, 5.41) is 16.5. The number of nitrogens with zero attached hydrogens (tertiary/aromatic N) is 4. The molecule has 0 aliphatic carbocycles. The highest BCUT2D eigenvalue weighted by atomic mass is 35.5. The first-order chi connectivity index (χ1) is 10.4. The van der Waals surface area contributed by atoms with Gasteiger partial charge in [0.1, 0.15) is 6.54 Å². The summed E-state index contributed by atoms with van der Waals surface area (Å²) >= 11 is 6.14. The van der Waals surface area contributed by atoms with Crippen LogP contribution in [0.25, 0.3) is 0 Å². The fourth-order valence-electron chi connectivity index (χ4n) is 1.96. The molecule has 1 N–H and O–H groups in total. The molecule has 1 atom stereocenters. The maximum Gasteiger partial charge on any atom is 0.358 e. The Bertz CT molecular complexity index is 701. The molecule has 1 aromatic carbocycles. The van der Waals surface area contributed by atoms with Crippen LogP contribution in [0.15, 0.2) is 30.5 Å². The van der Waals surface area contributed by atoms with Crippen LogP contribution >= 0.6 is 11.6 Å². The maximum absolute atomic E-state index is 12.3. The van der Waals surface area contributed by atoms with Crippen LogP contribution in [0.5, 0.6) is 0 Å². The van der Waals surface area contributed by atoms with Gasteiger partial charge in [-0.2, -0.15) is 0 Å². The molecule has 0 fully saturated rings. The lowest BCUT2D eigenvalue weighted by atomic mass is 10.1. The summed E-state index contributed by atoms with van der Waals surface area (Å²) in [6.45, 7) is 1.77. The number of carboxylic acids is 1. The zero-order valence-electron chi connectivity index (χ0n) is 12.1. The van der Waals surface area contributed by atoms with E-state index in [-0.39, 0.29) is 24.2 Å². The molecule has 1 unspecified atom stereocenters. The van der Waals surface area contributed by atoms with E-state index in [9.17, 15) is 9.59 Å². The van der Waals surface area contributed by atoms with Crippen LogP contribution < -0.4 is 0 Å². The van der Waals surface area contributed by atoms with Gasteiger partial charge in [0, 0.05) is 12.1 Å². The van der Waals surface area contributed by atoms with Crippen LogP contribution in [0.3, 0.4) is 0 Å². The molecule has 1 heterocycles. The first-order valence-electron chi connectivity index (χ1n) is 6.53. The van der Waals surface area contributed by atoms with E-state index in [1.165, 1.54) is 15.8 Å². The minimum atomic E-state index is -1.18. The van der Waals surface area contributed by atoms with E-state index >= 15 is 0 Å². The number of likely N-dealkylation sites (N-methyl/N-ethyl adjacent to an activating group) is 1. The van der Waals surface area contributed by atoms with Crippen molar-refractivity contribution in [1.82, 2.24) is 19.9 Å². The normalized spacial score (nSPS) is 12.0. The average molecular weight is 323 g/mol. The van der Waals surface area contributed by atoms with E-state index in [4.69, 9.17) is 16.7 Å². The summed E-state index contributed by atoms with van der Waals surface area (Å²) in [4.78, 5) is 24.5. The van der Waals surface area contributed by atoms with E-state index in [1.807, 2.05) is 25.1 Å². The number of benzene rings is 1. The largest absolute Gasteiger partial charge is 0.476 e. The van der Waals surface area contributed by atoms with E-state index < -0.39 is 5.97 Å². The number of carbonyl (C=O) groups excluding carboxylic acids is 1. The Morgan fingerprint density at radius 1 is 1.41 bits per heavy atom. The molecule has 7 nitrogen and oxygen atoms in total. The van der Waals surface area contributed by atoms with E-state index in [1.54, 1.807) is 13.1 Å². The van der Waals surface area contributed by atoms with Gasteiger partial charge in [0.2, 0.25) is 5.91 Å². The van der Waals surface area contributed by atoms with Crippen molar-refractivity contribution in [1.29, 1.82) is 0 Å². The monoisotopic (exact) mass is 322 g/mol. The second-order valence-electron chi connectivity index (χ2n) is 4.81. The van der Waals surface area contributed by atoms with Crippen molar-refractivity contribution in [3.05, 3.63) is 46.7 Å². The molecule has 0 radical (unpaired) electrons. The first kappa shape index (κ1) is 16.0. The fraction of sp³-hybridized carbons (Fsp3) is 0.286. The molecule has 116 valence electrons. The molecule has 0 spiro atoms. The Balaban J connectivity index is 2.08. The number of hydrogen-bond acceptors (Lipinski definition) is 4. The summed E-state index contributed by atoms with van der Waals surface area (Å²) in [5.74, 6) is -1.41. The summed E-state index contributed by atoms with van der Waals surface area (Å²) < 4.78 is 1.20. The van der Waals surface area contributed by atoms with Crippen LogP contribution in [0.1, 0.15) is 29.0 Å². The SMILES string of the molecule is CC(c1ccccc1Cl)N(C)C(=O)Cn1cc(C(=O)O)nn1. The molecular weight excluding hydrogens is 308 g/mol. The number of rotatable bonds is 5. The van der Waals surface area contributed by atoms with Crippen molar-refractivity contribution >= 4 is 23.5 Å². The van der Waals surface area contributed by atoms with Gasteiger partial charge < -0.3 is 10.0 Å². The Kier molecular flexibility index (Phi) is 4.77. The highest BCUT2D eigenvalue weighted by molar-refractivity contribution is 6.31. The molecule has 1 aromatic heterocycles. The van der Waals surface area contributed by atoms with Gasteiger partial charge in [0.05, 0.1) is 12.2 Å². The molecule has 0 aliphatic heterocycles. The molecular formula is C14H15ClN4O3. The highest BCUT2D eigenvalue weighted by Gasteiger charge is 2.20. The number of amides is 1. The predicted octanol–water partition coefficient (Wildman–Crippen LogP) is 1.85. The number of aromatic carboxylic acids is 1. The highest BCUT2D eigenvalue weighted by Crippen LogP contribution is 2.26. The van der Waals surface area contributed by atoms with Crippen molar-refractivity contribution in [2.45, 2.75) is 19.5 Å². The van der Waals surface area contributed by atoms with Gasteiger partial charge in [-0.1, -0.05) is 35.0 Å². The number of halogens is 1. The van der Waals surface area contributed by atoms with Gasteiger partial charge in [-0.25, -0.2) is 9.48 Å². The van der Waals surface area contributed by atoms with Gasteiger partial charge in [0.15, 0.2) is 5.69 Å². The molecule has 2 rings (SSSR count). The number of hydrogen-bond donors (Lipinski definition) is 1. The molecule has 1 amide bonds. The van der Waals surface area contributed by atoms with Crippen molar-refractivity contribution in [2.75, 3.05) is 7.05 Å². The molecule has 0 saturated carbocycles. The van der Waals surface area contributed by atoms with Crippen LogP contribution in [-0.4, -0.2) is 43.9 Å². The van der Waals surface area contributed by atoms with Gasteiger partial charge in [0.25, 0.3) is 0 Å². The lowest BCUT2D eigenvalue weighted by molar-refractivity contribution is -0.132. The third-order valence-corrected chi connectivity index (χ3v) is 3.73. The zero-order valence-corrected chi connectivity index (χ0v) is 12.9. The molecule has 22 heavy (non-hydrogen) atoms. The van der Waals surface area contributed by atoms with E-state index in [0.29, 0.717) is 5.02 Å². The lowest BCUT2D eigenvalue weighted by Crippen LogP contribution is -2.32. The summed E-state index contributed by atoms with van der Waals surface area (Å²) in [6.07, 6.45) is 1.22. The maximum atomic E-state index is 12.3. The van der Waals surface area contributed by atoms with Crippen molar-refractivity contribution < 1.29 is 14.7 Å². The smallest absolute Gasteiger partial charge is 0.358 e. The Hall–Kier alpha value is -2.41. The van der Waals surface area contributed by atoms with Crippen molar-refractivity contribution in [2.24, 2.45) is 0 Å². The minimum absolute atomic E-state index is 0.0917. The average Bonchev–Trinajstić information content (AvgIpc) is 2.95. The molecule has 2 aromatic rings.